The highest BCUT2D eigenvalue weighted by atomic mass is 35.5. The Hall–Kier alpha value is -2.64. The van der Waals surface area contributed by atoms with Crippen LogP contribution >= 0.6 is 46.4 Å². The molecular weight excluding hydrogens is 548 g/mol. The number of esters is 1. The number of hydrogen-bond donors (Lipinski definition) is 1. The molecule has 1 N–H and O–H groups in total. The minimum absolute atomic E-state index is 0.116. The van der Waals surface area contributed by atoms with Crippen molar-refractivity contribution >= 4 is 64.0 Å². The molecule has 0 radical (unpaired) electrons. The van der Waals surface area contributed by atoms with Crippen molar-refractivity contribution in [3.8, 4) is 17.2 Å². The first-order chi connectivity index (χ1) is 17.1. The predicted molar refractivity (Wildman–Crippen MR) is 144 cm³/mol. The van der Waals surface area contributed by atoms with Gasteiger partial charge in [0.2, 0.25) is 0 Å². The molecule has 0 spiro atoms. The fourth-order valence-corrected chi connectivity index (χ4v) is 4.66. The van der Waals surface area contributed by atoms with Crippen LogP contribution in [0.5, 0.6) is 17.2 Å². The number of benzene rings is 3. The summed E-state index contributed by atoms with van der Waals surface area (Å²) >= 11 is 24.7. The van der Waals surface area contributed by atoms with Gasteiger partial charge >= 0.3 is 5.97 Å². The van der Waals surface area contributed by atoms with Gasteiger partial charge in [-0.15, -0.1) is 0 Å². The van der Waals surface area contributed by atoms with Crippen molar-refractivity contribution in [1.29, 1.82) is 0 Å². The zero-order valence-corrected chi connectivity index (χ0v) is 22.9. The van der Waals surface area contributed by atoms with E-state index in [1.807, 2.05) is 19.9 Å². The molecule has 0 unspecified atom stereocenters. The number of anilines is 1. The fraction of sp³-hybridized carbons (Fsp3) is 0.231. The predicted octanol–water partition coefficient (Wildman–Crippen LogP) is 8.30. The third kappa shape index (κ3) is 6.19. The Morgan fingerprint density at radius 2 is 1.33 bits per heavy atom. The summed E-state index contributed by atoms with van der Waals surface area (Å²) in [5, 5.41) is 3.44. The average Bonchev–Trinajstić information content (AvgIpc) is 2.84. The van der Waals surface area contributed by atoms with E-state index in [1.54, 1.807) is 12.1 Å². The second-order valence-electron chi connectivity index (χ2n) is 7.85. The first kappa shape index (κ1) is 27.9. The van der Waals surface area contributed by atoms with Gasteiger partial charge in [0.25, 0.3) is 5.91 Å². The molecule has 0 aliphatic carbocycles. The fourth-order valence-electron chi connectivity index (χ4n) is 3.38. The lowest BCUT2D eigenvalue weighted by molar-refractivity contribution is 0.0734. The van der Waals surface area contributed by atoms with E-state index in [4.69, 9.17) is 60.6 Å². The third-order valence-corrected chi connectivity index (χ3v) is 6.66. The first-order valence-electron chi connectivity index (χ1n) is 10.8. The molecule has 6 nitrogen and oxygen atoms in total. The van der Waals surface area contributed by atoms with Gasteiger partial charge in [-0.2, -0.15) is 0 Å². The molecule has 0 aliphatic heterocycles. The van der Waals surface area contributed by atoms with Gasteiger partial charge in [0.1, 0.15) is 0 Å². The van der Waals surface area contributed by atoms with E-state index in [2.05, 4.69) is 5.32 Å². The minimum Gasteiger partial charge on any atom is -0.494 e. The number of ether oxygens (including phenoxy) is 3. The van der Waals surface area contributed by atoms with Crippen LogP contribution in [0.1, 0.15) is 52.5 Å². The molecule has 0 heterocycles. The Labute approximate surface area is 229 Å². The summed E-state index contributed by atoms with van der Waals surface area (Å²) in [6.45, 7) is 4.09. The van der Waals surface area contributed by atoms with Crippen molar-refractivity contribution in [3.05, 3.63) is 79.2 Å². The van der Waals surface area contributed by atoms with E-state index in [0.29, 0.717) is 0 Å². The number of hydrogen-bond acceptors (Lipinski definition) is 5. The summed E-state index contributed by atoms with van der Waals surface area (Å²) in [7, 11) is 2.85. The Morgan fingerprint density at radius 1 is 0.833 bits per heavy atom. The smallest absolute Gasteiger partial charge is 0.343 e. The van der Waals surface area contributed by atoms with Gasteiger partial charge < -0.3 is 19.5 Å². The van der Waals surface area contributed by atoms with Crippen LogP contribution < -0.4 is 19.5 Å². The maximum Gasteiger partial charge on any atom is 0.343 e. The van der Waals surface area contributed by atoms with Crippen molar-refractivity contribution < 1.29 is 23.8 Å². The second kappa shape index (κ2) is 12.1. The zero-order chi connectivity index (χ0) is 26.6. The highest BCUT2D eigenvalue weighted by molar-refractivity contribution is 6.38. The Morgan fingerprint density at radius 3 is 1.81 bits per heavy atom. The van der Waals surface area contributed by atoms with E-state index in [-0.39, 0.29) is 60.1 Å². The topological polar surface area (TPSA) is 73.9 Å². The summed E-state index contributed by atoms with van der Waals surface area (Å²) in [5.41, 5.74) is 1.52. The molecule has 1 atom stereocenters. The second-order valence-corrected chi connectivity index (χ2v) is 9.48. The number of rotatable bonds is 8. The van der Waals surface area contributed by atoms with Crippen LogP contribution in [0.3, 0.4) is 0 Å². The van der Waals surface area contributed by atoms with Crippen LogP contribution in [0.25, 0.3) is 0 Å². The summed E-state index contributed by atoms with van der Waals surface area (Å²) in [4.78, 5) is 26.0. The monoisotopic (exact) mass is 569 g/mol. The minimum atomic E-state index is -0.714. The highest BCUT2D eigenvalue weighted by Crippen LogP contribution is 2.37. The molecule has 0 saturated carbocycles. The molecule has 0 saturated heterocycles. The molecule has 0 aliphatic rings. The lowest BCUT2D eigenvalue weighted by Gasteiger charge is -2.16. The SMILES string of the molecule is CC[C@H](C)c1ccc(NC(=O)c2cc(Cl)c(OC)c(Cl)c2)c(OC(=O)c2cc(Cl)c(OC)c(Cl)c2)c1. The molecule has 36 heavy (non-hydrogen) atoms. The number of carbonyl (C=O) groups excluding carboxylic acids is 2. The van der Waals surface area contributed by atoms with Crippen LogP contribution in [-0.4, -0.2) is 26.1 Å². The van der Waals surface area contributed by atoms with Crippen molar-refractivity contribution in [2.24, 2.45) is 0 Å². The van der Waals surface area contributed by atoms with Crippen molar-refractivity contribution in [3.63, 3.8) is 0 Å². The lowest BCUT2D eigenvalue weighted by Crippen LogP contribution is -2.15. The third-order valence-electron chi connectivity index (χ3n) is 5.54. The summed E-state index contributed by atoms with van der Waals surface area (Å²) in [6.07, 6.45) is 0.867. The number of nitrogens with one attached hydrogen (secondary N) is 1. The largest absolute Gasteiger partial charge is 0.494 e. The number of carbonyl (C=O) groups is 2. The van der Waals surface area contributed by atoms with Gasteiger partial charge in [0.05, 0.1) is 45.6 Å². The molecule has 3 rings (SSSR count). The van der Waals surface area contributed by atoms with E-state index in [0.717, 1.165) is 12.0 Å². The van der Waals surface area contributed by atoms with Crippen LogP contribution in [-0.2, 0) is 0 Å². The maximum absolute atomic E-state index is 13.0. The molecule has 0 aromatic heterocycles. The molecule has 3 aromatic carbocycles. The van der Waals surface area contributed by atoms with Crippen molar-refractivity contribution in [1.82, 2.24) is 0 Å². The van der Waals surface area contributed by atoms with E-state index < -0.39 is 11.9 Å². The summed E-state index contributed by atoms with van der Waals surface area (Å²) in [5.74, 6) is -0.367. The number of halogens is 4. The van der Waals surface area contributed by atoms with Crippen LogP contribution in [0.2, 0.25) is 20.1 Å². The molecule has 3 aromatic rings. The summed E-state index contributed by atoms with van der Waals surface area (Å²) in [6, 6.07) is 10.9. The molecule has 190 valence electrons. The van der Waals surface area contributed by atoms with Gasteiger partial charge in [-0.25, -0.2) is 4.79 Å². The van der Waals surface area contributed by atoms with Crippen LogP contribution in [0, 0.1) is 0 Å². The lowest BCUT2D eigenvalue weighted by atomic mass is 9.98. The van der Waals surface area contributed by atoms with Gasteiger partial charge in [-0.05, 0) is 54.3 Å². The molecule has 1 amide bonds. The number of methoxy groups -OCH3 is 2. The van der Waals surface area contributed by atoms with Gasteiger partial charge in [0.15, 0.2) is 17.2 Å². The average molecular weight is 571 g/mol. The number of amides is 1. The molecular formula is C26H23Cl4NO5. The standard InChI is InChI=1S/C26H23Cl4NO5/c1-5-13(2)14-6-7-21(31-25(32)15-8-17(27)23(34-3)18(28)9-15)22(12-14)36-26(33)16-10-19(29)24(35-4)20(30)11-16/h6-13H,5H2,1-4H3,(H,31,32)/t13-/m0/s1. The van der Waals surface area contributed by atoms with E-state index in [1.165, 1.54) is 38.5 Å². The summed E-state index contributed by atoms with van der Waals surface area (Å²) < 4.78 is 15.9. The quantitative estimate of drug-likeness (QED) is 0.218. The van der Waals surface area contributed by atoms with Crippen molar-refractivity contribution in [2.75, 3.05) is 19.5 Å². The molecule has 0 bridgehead atoms. The molecule has 0 fully saturated rings. The van der Waals surface area contributed by atoms with E-state index in [9.17, 15) is 9.59 Å². The van der Waals surface area contributed by atoms with E-state index >= 15 is 0 Å². The van der Waals surface area contributed by atoms with Crippen molar-refractivity contribution in [2.45, 2.75) is 26.2 Å². The zero-order valence-electron chi connectivity index (χ0n) is 19.9. The Bertz CT molecular complexity index is 1270. The first-order valence-corrected chi connectivity index (χ1v) is 12.3. The van der Waals surface area contributed by atoms with Gasteiger partial charge in [0, 0.05) is 5.56 Å². The van der Waals surface area contributed by atoms with Gasteiger partial charge in [-0.1, -0.05) is 66.3 Å². The normalized spacial score (nSPS) is 11.6. The molecule has 10 heteroatoms. The van der Waals surface area contributed by atoms with Crippen LogP contribution in [0.15, 0.2) is 42.5 Å². The Kier molecular flexibility index (Phi) is 9.36. The maximum atomic E-state index is 13.0. The highest BCUT2D eigenvalue weighted by Gasteiger charge is 2.20. The van der Waals surface area contributed by atoms with Crippen LogP contribution in [0.4, 0.5) is 5.69 Å². The Balaban J connectivity index is 1.96. The van der Waals surface area contributed by atoms with Gasteiger partial charge in [-0.3, -0.25) is 4.79 Å².